The number of hydrogen-bond donors (Lipinski definition) is 1. The van der Waals surface area contributed by atoms with Crippen LogP contribution in [0.5, 0.6) is 0 Å². The fourth-order valence-corrected chi connectivity index (χ4v) is 1.93. The van der Waals surface area contributed by atoms with Crippen molar-refractivity contribution in [3.8, 4) is 0 Å². The van der Waals surface area contributed by atoms with Crippen LogP contribution in [0.1, 0.15) is 25.6 Å². The van der Waals surface area contributed by atoms with Crippen LogP contribution in [0.15, 0.2) is 12.4 Å². The third-order valence-electron chi connectivity index (χ3n) is 2.91. The summed E-state index contributed by atoms with van der Waals surface area (Å²) in [5.74, 6) is 1.13. The molecule has 0 radical (unpaired) electrons. The first-order valence-electron chi connectivity index (χ1n) is 5.71. The van der Waals surface area contributed by atoms with Crippen molar-refractivity contribution in [3.63, 3.8) is 0 Å². The van der Waals surface area contributed by atoms with E-state index in [1.54, 1.807) is 0 Å². The molecule has 4 nitrogen and oxygen atoms in total. The van der Waals surface area contributed by atoms with E-state index in [1.807, 2.05) is 12.4 Å². The maximum absolute atomic E-state index is 5.32. The summed E-state index contributed by atoms with van der Waals surface area (Å²) in [6.45, 7) is 5.77. The molecule has 0 unspecified atom stereocenters. The van der Waals surface area contributed by atoms with Crippen LogP contribution in [0.2, 0.25) is 0 Å². The highest BCUT2D eigenvalue weighted by Crippen LogP contribution is 2.07. The molecule has 0 spiro atoms. The molecule has 0 saturated carbocycles. The number of aromatic nitrogens is 2. The van der Waals surface area contributed by atoms with E-state index in [0.29, 0.717) is 6.04 Å². The van der Waals surface area contributed by atoms with Crippen LogP contribution >= 0.6 is 0 Å². The number of rotatable bonds is 4. The quantitative estimate of drug-likeness (QED) is 0.809. The molecule has 1 N–H and O–H groups in total. The molecule has 1 aromatic rings. The van der Waals surface area contributed by atoms with Crippen molar-refractivity contribution in [2.75, 3.05) is 13.2 Å². The van der Waals surface area contributed by atoms with Gasteiger partial charge in [-0.05, 0) is 19.8 Å². The first-order valence-corrected chi connectivity index (χ1v) is 5.71. The molecule has 0 aliphatic carbocycles. The molecule has 1 saturated heterocycles. The van der Waals surface area contributed by atoms with Crippen LogP contribution in [-0.2, 0) is 17.8 Å². The van der Waals surface area contributed by atoms with Gasteiger partial charge < -0.3 is 14.6 Å². The van der Waals surface area contributed by atoms with E-state index >= 15 is 0 Å². The lowest BCUT2D eigenvalue weighted by atomic mass is 10.1. The van der Waals surface area contributed by atoms with Gasteiger partial charge in [-0.25, -0.2) is 4.98 Å². The summed E-state index contributed by atoms with van der Waals surface area (Å²) < 4.78 is 7.49. The van der Waals surface area contributed by atoms with Crippen molar-refractivity contribution in [1.82, 2.24) is 14.9 Å². The molecular weight excluding hydrogens is 190 g/mol. The SMILES string of the molecule is CCn1ccnc1CNC1CCOCC1. The molecule has 2 rings (SSSR count). The van der Waals surface area contributed by atoms with Gasteiger partial charge in [0.05, 0.1) is 6.54 Å². The van der Waals surface area contributed by atoms with Gasteiger partial charge in [0, 0.05) is 38.2 Å². The third-order valence-corrected chi connectivity index (χ3v) is 2.91. The van der Waals surface area contributed by atoms with E-state index in [9.17, 15) is 0 Å². The van der Waals surface area contributed by atoms with E-state index in [2.05, 4.69) is 21.8 Å². The average molecular weight is 209 g/mol. The van der Waals surface area contributed by atoms with Gasteiger partial charge in [-0.15, -0.1) is 0 Å². The molecular formula is C11H19N3O. The monoisotopic (exact) mass is 209 g/mol. The minimum Gasteiger partial charge on any atom is -0.381 e. The van der Waals surface area contributed by atoms with Crippen molar-refractivity contribution >= 4 is 0 Å². The van der Waals surface area contributed by atoms with Gasteiger partial charge in [0.1, 0.15) is 5.82 Å². The Morgan fingerprint density at radius 3 is 3.07 bits per heavy atom. The summed E-state index contributed by atoms with van der Waals surface area (Å²) in [4.78, 5) is 4.34. The molecule has 1 fully saturated rings. The van der Waals surface area contributed by atoms with E-state index < -0.39 is 0 Å². The molecule has 4 heteroatoms. The third kappa shape index (κ3) is 2.79. The standard InChI is InChI=1S/C11H19N3O/c1-2-14-6-5-12-11(14)9-13-10-3-7-15-8-4-10/h5-6,10,13H,2-4,7-9H2,1H3. The Kier molecular flexibility index (Phi) is 3.75. The van der Waals surface area contributed by atoms with Crippen LogP contribution in [-0.4, -0.2) is 28.8 Å². The van der Waals surface area contributed by atoms with Gasteiger partial charge in [-0.3, -0.25) is 0 Å². The molecule has 1 aromatic heterocycles. The van der Waals surface area contributed by atoms with Gasteiger partial charge >= 0.3 is 0 Å². The maximum atomic E-state index is 5.32. The minimum atomic E-state index is 0.598. The first-order chi connectivity index (χ1) is 7.40. The highest BCUT2D eigenvalue weighted by Gasteiger charge is 2.13. The number of hydrogen-bond acceptors (Lipinski definition) is 3. The smallest absolute Gasteiger partial charge is 0.122 e. The number of aryl methyl sites for hydroxylation is 1. The maximum Gasteiger partial charge on any atom is 0.122 e. The van der Waals surface area contributed by atoms with Crippen molar-refractivity contribution in [3.05, 3.63) is 18.2 Å². The lowest BCUT2D eigenvalue weighted by Gasteiger charge is -2.23. The Morgan fingerprint density at radius 2 is 2.33 bits per heavy atom. The summed E-state index contributed by atoms with van der Waals surface area (Å²) in [5.41, 5.74) is 0. The Hall–Kier alpha value is -0.870. The van der Waals surface area contributed by atoms with Crippen LogP contribution in [0, 0.1) is 0 Å². The highest BCUT2D eigenvalue weighted by atomic mass is 16.5. The Labute approximate surface area is 90.6 Å². The number of ether oxygens (including phenoxy) is 1. The summed E-state index contributed by atoms with van der Waals surface area (Å²) >= 11 is 0. The fraction of sp³-hybridized carbons (Fsp3) is 0.727. The Balaban J connectivity index is 1.81. The Morgan fingerprint density at radius 1 is 1.53 bits per heavy atom. The minimum absolute atomic E-state index is 0.598. The largest absolute Gasteiger partial charge is 0.381 e. The second kappa shape index (κ2) is 5.28. The summed E-state index contributed by atoms with van der Waals surface area (Å²) in [7, 11) is 0. The molecule has 0 bridgehead atoms. The van der Waals surface area contributed by atoms with Crippen molar-refractivity contribution in [1.29, 1.82) is 0 Å². The van der Waals surface area contributed by atoms with Gasteiger partial charge in [-0.2, -0.15) is 0 Å². The Bertz CT molecular complexity index is 292. The van der Waals surface area contributed by atoms with Crippen LogP contribution in [0.4, 0.5) is 0 Å². The lowest BCUT2D eigenvalue weighted by Crippen LogP contribution is -2.35. The lowest BCUT2D eigenvalue weighted by molar-refractivity contribution is 0.0773. The predicted octanol–water partition coefficient (Wildman–Crippen LogP) is 1.17. The van der Waals surface area contributed by atoms with E-state index in [-0.39, 0.29) is 0 Å². The van der Waals surface area contributed by atoms with E-state index in [4.69, 9.17) is 4.74 Å². The van der Waals surface area contributed by atoms with E-state index in [1.165, 1.54) is 0 Å². The normalized spacial score (nSPS) is 18.2. The van der Waals surface area contributed by atoms with Gasteiger partial charge in [0.25, 0.3) is 0 Å². The summed E-state index contributed by atoms with van der Waals surface area (Å²) in [6, 6.07) is 0.598. The van der Waals surface area contributed by atoms with Gasteiger partial charge in [-0.1, -0.05) is 0 Å². The zero-order chi connectivity index (χ0) is 10.5. The molecule has 1 aliphatic rings. The first kappa shape index (κ1) is 10.6. The van der Waals surface area contributed by atoms with E-state index in [0.717, 1.165) is 45.0 Å². The second-order valence-corrected chi connectivity index (χ2v) is 3.90. The van der Waals surface area contributed by atoms with Gasteiger partial charge in [0.15, 0.2) is 0 Å². The zero-order valence-electron chi connectivity index (χ0n) is 9.28. The number of imidazole rings is 1. The molecule has 84 valence electrons. The molecule has 0 amide bonds. The van der Waals surface area contributed by atoms with Crippen LogP contribution < -0.4 is 5.32 Å². The zero-order valence-corrected chi connectivity index (χ0v) is 9.28. The van der Waals surface area contributed by atoms with Crippen LogP contribution in [0.25, 0.3) is 0 Å². The van der Waals surface area contributed by atoms with Crippen molar-refractivity contribution in [2.45, 2.75) is 38.9 Å². The molecule has 15 heavy (non-hydrogen) atoms. The summed E-state index contributed by atoms with van der Waals surface area (Å²) in [5, 5.41) is 3.54. The average Bonchev–Trinajstić information content (AvgIpc) is 2.75. The molecule has 2 heterocycles. The van der Waals surface area contributed by atoms with Crippen molar-refractivity contribution < 1.29 is 4.74 Å². The number of nitrogens with zero attached hydrogens (tertiary/aromatic N) is 2. The second-order valence-electron chi connectivity index (χ2n) is 3.90. The predicted molar refractivity (Wildman–Crippen MR) is 58.6 cm³/mol. The summed E-state index contributed by atoms with van der Waals surface area (Å²) in [6.07, 6.45) is 6.13. The number of nitrogens with one attached hydrogen (secondary N) is 1. The topological polar surface area (TPSA) is 39.1 Å². The van der Waals surface area contributed by atoms with Crippen molar-refractivity contribution in [2.24, 2.45) is 0 Å². The fourth-order valence-electron chi connectivity index (χ4n) is 1.93. The van der Waals surface area contributed by atoms with Gasteiger partial charge in [0.2, 0.25) is 0 Å². The highest BCUT2D eigenvalue weighted by molar-refractivity contribution is 4.92. The molecule has 1 aliphatic heterocycles. The molecule has 0 atom stereocenters. The van der Waals surface area contributed by atoms with Crippen LogP contribution in [0.3, 0.4) is 0 Å². The molecule has 0 aromatic carbocycles.